The lowest BCUT2D eigenvalue weighted by atomic mass is 10.5. The molecular weight excluding hydrogens is 146 g/mol. The van der Waals surface area contributed by atoms with Gasteiger partial charge in [-0.2, -0.15) is 4.98 Å². The van der Waals surface area contributed by atoms with Crippen LogP contribution in [0.4, 0.5) is 5.69 Å². The number of anilines is 1. The molecule has 1 aromatic rings. The number of aromatic amines is 1. The summed E-state index contributed by atoms with van der Waals surface area (Å²) in [5, 5.41) is 0. The molecule has 0 aliphatic rings. The predicted molar refractivity (Wildman–Crippen MR) is 39.3 cm³/mol. The lowest BCUT2D eigenvalue weighted by molar-refractivity contribution is -0.107. The zero-order chi connectivity index (χ0) is 8.27. The van der Waals surface area contributed by atoms with Crippen molar-refractivity contribution >= 4 is 12.1 Å². The van der Waals surface area contributed by atoms with Crippen LogP contribution in [-0.2, 0) is 4.79 Å². The smallest absolute Gasteiger partial charge is 0.315 e. The zero-order valence-corrected chi connectivity index (χ0v) is 5.94. The molecule has 0 fully saturated rings. The maximum atomic E-state index is 10.5. The standard InChI is InChI=1S/C6H7N3O2/c1-9(4-10)5-2-7-6(11)8-3-5/h2-4H,1H3,(H,7,8,11). The number of nitrogens with zero attached hydrogens (tertiary/aromatic N) is 2. The first-order valence-corrected chi connectivity index (χ1v) is 2.97. The van der Waals surface area contributed by atoms with Gasteiger partial charge in [0.25, 0.3) is 0 Å². The molecule has 0 aliphatic heterocycles. The first-order chi connectivity index (χ1) is 5.24. The molecule has 11 heavy (non-hydrogen) atoms. The second-order valence-corrected chi connectivity index (χ2v) is 1.99. The molecule has 0 spiro atoms. The van der Waals surface area contributed by atoms with Gasteiger partial charge in [0.15, 0.2) is 0 Å². The quantitative estimate of drug-likeness (QED) is 0.575. The number of H-pyrrole nitrogens is 1. The maximum Gasteiger partial charge on any atom is 0.345 e. The Hall–Kier alpha value is -1.65. The van der Waals surface area contributed by atoms with Crippen molar-refractivity contribution < 1.29 is 4.79 Å². The Morgan fingerprint density at radius 1 is 1.73 bits per heavy atom. The van der Waals surface area contributed by atoms with E-state index in [0.717, 1.165) is 0 Å². The highest BCUT2D eigenvalue weighted by Crippen LogP contribution is 2.02. The SMILES string of the molecule is CN(C=O)c1cnc(=O)[nH]c1. The highest BCUT2D eigenvalue weighted by Gasteiger charge is 1.96. The third-order valence-corrected chi connectivity index (χ3v) is 1.22. The third-order valence-electron chi connectivity index (χ3n) is 1.22. The lowest BCUT2D eigenvalue weighted by Gasteiger charge is -2.07. The molecule has 5 nitrogen and oxygen atoms in total. The monoisotopic (exact) mass is 153 g/mol. The molecule has 0 saturated heterocycles. The molecule has 0 atom stereocenters. The number of carbonyl (C=O) groups excluding carboxylic acids is 1. The molecule has 0 unspecified atom stereocenters. The van der Waals surface area contributed by atoms with Crippen LogP contribution in [0.25, 0.3) is 0 Å². The molecule has 0 aliphatic carbocycles. The topological polar surface area (TPSA) is 66.1 Å². The van der Waals surface area contributed by atoms with E-state index in [4.69, 9.17) is 0 Å². The van der Waals surface area contributed by atoms with Gasteiger partial charge in [0, 0.05) is 13.2 Å². The van der Waals surface area contributed by atoms with Gasteiger partial charge in [-0.25, -0.2) is 4.79 Å². The summed E-state index contributed by atoms with van der Waals surface area (Å²) < 4.78 is 0. The number of hydrogen-bond donors (Lipinski definition) is 1. The zero-order valence-electron chi connectivity index (χ0n) is 5.94. The number of hydrogen-bond acceptors (Lipinski definition) is 3. The van der Waals surface area contributed by atoms with E-state index in [0.29, 0.717) is 12.1 Å². The normalized spacial score (nSPS) is 9.18. The Kier molecular flexibility index (Phi) is 2.00. The molecular formula is C6H7N3O2. The van der Waals surface area contributed by atoms with Crippen LogP contribution in [0.1, 0.15) is 0 Å². The number of amides is 1. The highest BCUT2D eigenvalue weighted by atomic mass is 16.1. The molecule has 0 saturated carbocycles. The first-order valence-electron chi connectivity index (χ1n) is 2.97. The Bertz CT molecular complexity index is 286. The summed E-state index contributed by atoms with van der Waals surface area (Å²) in [6.07, 6.45) is 3.38. The van der Waals surface area contributed by atoms with Crippen LogP contribution in [0.3, 0.4) is 0 Å². The van der Waals surface area contributed by atoms with Crippen LogP contribution in [-0.4, -0.2) is 23.4 Å². The van der Waals surface area contributed by atoms with Gasteiger partial charge in [0.05, 0.1) is 11.9 Å². The Morgan fingerprint density at radius 3 is 2.91 bits per heavy atom. The second-order valence-electron chi connectivity index (χ2n) is 1.99. The summed E-state index contributed by atoms with van der Waals surface area (Å²) in [6.45, 7) is 0. The summed E-state index contributed by atoms with van der Waals surface area (Å²) in [6, 6.07) is 0. The van der Waals surface area contributed by atoms with Gasteiger partial charge in [-0.05, 0) is 0 Å². The Morgan fingerprint density at radius 2 is 2.45 bits per heavy atom. The molecule has 5 heteroatoms. The third kappa shape index (κ3) is 1.64. The number of carbonyl (C=O) groups is 1. The summed E-state index contributed by atoms with van der Waals surface area (Å²) in [4.78, 5) is 27.7. The van der Waals surface area contributed by atoms with Crippen molar-refractivity contribution in [1.29, 1.82) is 0 Å². The summed E-state index contributed by atoms with van der Waals surface area (Å²) in [7, 11) is 1.57. The van der Waals surface area contributed by atoms with Crippen molar-refractivity contribution in [2.24, 2.45) is 0 Å². The van der Waals surface area contributed by atoms with E-state index in [1.165, 1.54) is 17.3 Å². The van der Waals surface area contributed by atoms with Crippen molar-refractivity contribution in [3.63, 3.8) is 0 Å². The van der Waals surface area contributed by atoms with Crippen LogP contribution in [0.2, 0.25) is 0 Å². The van der Waals surface area contributed by atoms with Crippen molar-refractivity contribution in [1.82, 2.24) is 9.97 Å². The van der Waals surface area contributed by atoms with Crippen molar-refractivity contribution in [2.75, 3.05) is 11.9 Å². The average Bonchev–Trinajstić information content (AvgIpc) is 2.05. The summed E-state index contributed by atoms with van der Waals surface area (Å²) in [5.41, 5.74) is 0.132. The molecule has 1 amide bonds. The van der Waals surface area contributed by atoms with Gasteiger partial charge in [0.1, 0.15) is 0 Å². The van der Waals surface area contributed by atoms with Gasteiger partial charge in [0.2, 0.25) is 6.41 Å². The Balaban J connectivity index is 2.98. The summed E-state index contributed by atoms with van der Waals surface area (Å²) in [5.74, 6) is 0. The Labute approximate surface area is 62.7 Å². The summed E-state index contributed by atoms with van der Waals surface area (Å²) >= 11 is 0. The van der Waals surface area contributed by atoms with Gasteiger partial charge in [-0.1, -0.05) is 0 Å². The molecule has 58 valence electrons. The molecule has 0 radical (unpaired) electrons. The minimum absolute atomic E-state index is 0.423. The fraction of sp³-hybridized carbons (Fsp3) is 0.167. The maximum absolute atomic E-state index is 10.5. The number of aromatic nitrogens is 2. The van der Waals surface area contributed by atoms with E-state index in [-0.39, 0.29) is 0 Å². The van der Waals surface area contributed by atoms with E-state index in [1.807, 2.05) is 0 Å². The molecule has 1 rings (SSSR count). The van der Waals surface area contributed by atoms with Crippen molar-refractivity contribution in [3.05, 3.63) is 22.9 Å². The highest BCUT2D eigenvalue weighted by molar-refractivity contribution is 5.72. The molecule has 1 heterocycles. The van der Waals surface area contributed by atoms with Crippen LogP contribution in [0.15, 0.2) is 17.2 Å². The first kappa shape index (κ1) is 7.46. The van der Waals surface area contributed by atoms with E-state index in [2.05, 4.69) is 9.97 Å². The van der Waals surface area contributed by atoms with E-state index in [9.17, 15) is 9.59 Å². The predicted octanol–water partition coefficient (Wildman–Crippen LogP) is -0.638. The molecule has 1 aromatic heterocycles. The largest absolute Gasteiger partial charge is 0.345 e. The van der Waals surface area contributed by atoms with Crippen molar-refractivity contribution in [2.45, 2.75) is 0 Å². The van der Waals surface area contributed by atoms with E-state index >= 15 is 0 Å². The lowest BCUT2D eigenvalue weighted by Crippen LogP contribution is -2.17. The molecule has 0 bridgehead atoms. The van der Waals surface area contributed by atoms with Gasteiger partial charge >= 0.3 is 5.69 Å². The second kappa shape index (κ2) is 2.96. The van der Waals surface area contributed by atoms with E-state index < -0.39 is 5.69 Å². The fourth-order valence-electron chi connectivity index (χ4n) is 0.589. The van der Waals surface area contributed by atoms with Gasteiger partial charge in [-0.3, -0.25) is 4.79 Å². The van der Waals surface area contributed by atoms with Crippen LogP contribution >= 0.6 is 0 Å². The fourth-order valence-corrected chi connectivity index (χ4v) is 0.589. The average molecular weight is 153 g/mol. The van der Waals surface area contributed by atoms with Crippen LogP contribution in [0.5, 0.6) is 0 Å². The number of nitrogens with one attached hydrogen (secondary N) is 1. The van der Waals surface area contributed by atoms with Crippen molar-refractivity contribution in [3.8, 4) is 0 Å². The number of rotatable bonds is 2. The molecule has 0 aromatic carbocycles. The van der Waals surface area contributed by atoms with Crippen LogP contribution in [0, 0.1) is 0 Å². The van der Waals surface area contributed by atoms with Gasteiger partial charge < -0.3 is 9.88 Å². The molecule has 1 N–H and O–H groups in total. The van der Waals surface area contributed by atoms with Crippen LogP contribution < -0.4 is 10.6 Å². The minimum Gasteiger partial charge on any atom is -0.315 e. The van der Waals surface area contributed by atoms with E-state index in [1.54, 1.807) is 7.05 Å². The van der Waals surface area contributed by atoms with Gasteiger partial charge in [-0.15, -0.1) is 0 Å². The minimum atomic E-state index is -0.423.